The van der Waals surface area contributed by atoms with Crippen LogP contribution in [0.2, 0.25) is 0 Å². The minimum Gasteiger partial charge on any atom is -0.328 e. The van der Waals surface area contributed by atoms with Gasteiger partial charge in [0.15, 0.2) is 0 Å². The first-order chi connectivity index (χ1) is 27.4. The Balaban J connectivity index is -0.0000000202. The zero-order valence-corrected chi connectivity index (χ0v) is 102. The molecule has 0 amide bonds. The van der Waals surface area contributed by atoms with Crippen molar-refractivity contribution < 1.29 is 695 Å². The second-order valence-electron chi connectivity index (χ2n) is 7.34. The van der Waals surface area contributed by atoms with Crippen molar-refractivity contribution in [1.82, 2.24) is 0 Å². The molecular formula is H26AlBa2Ca3K5N2Na7O51P12S+25. The predicted octanol–water partition coefficient (Wildman–Crippen LogP) is -43.4. The van der Waals surface area contributed by atoms with E-state index < -0.39 is 114 Å². The summed E-state index contributed by atoms with van der Waals surface area (Å²) in [6, 6.07) is 0. The summed E-state index contributed by atoms with van der Waals surface area (Å²) in [6.45, 7) is 0. The van der Waals surface area contributed by atoms with Crippen molar-refractivity contribution in [1.29, 1.82) is 0 Å². The van der Waals surface area contributed by atoms with Crippen LogP contribution in [0.3, 0.4) is 0 Å². The van der Waals surface area contributed by atoms with E-state index in [0.29, 0.717) is 0 Å². The van der Waals surface area contributed by atoms with Gasteiger partial charge in [0.2, 0.25) is 0 Å². The van der Waals surface area contributed by atoms with Gasteiger partial charge in [0.25, 0.3) is 10.2 Å². The summed E-state index contributed by atoms with van der Waals surface area (Å²) in [7, 11) is -70.0. The average molecular weight is 2050 g/mol. The van der Waals surface area contributed by atoms with E-state index in [1.54, 1.807) is 0 Å². The minimum absolute atomic E-state index is 0. The van der Waals surface area contributed by atoms with E-state index in [4.69, 9.17) is 174 Å². The van der Waals surface area contributed by atoms with Gasteiger partial charge >= 0.3 is 796 Å². The van der Waals surface area contributed by atoms with Crippen molar-refractivity contribution in [2.75, 3.05) is 0 Å². The molecule has 1 aliphatic heterocycles. The van der Waals surface area contributed by atoms with Crippen LogP contribution in [0.1, 0.15) is 0 Å². The second-order valence-corrected chi connectivity index (χ2v) is 24.5. The minimum atomic E-state index is -6.11. The van der Waals surface area contributed by atoms with Crippen LogP contribution in [0.15, 0.2) is 0 Å². The Kier molecular flexibility index (Phi) is 195. The quantitative estimate of drug-likeness (QED) is 0.0401. The van der Waals surface area contributed by atoms with Crippen molar-refractivity contribution >= 4 is 333 Å². The fraction of sp³-hybridized carbons (Fsp3) is 0. The molecule has 1 aliphatic rings. The van der Waals surface area contributed by atoms with Crippen LogP contribution in [0, 0.1) is 20.2 Å². The molecule has 0 spiro atoms. The Morgan fingerprint density at radius 2 is 0.405 bits per heavy atom. The van der Waals surface area contributed by atoms with E-state index >= 15 is 0 Å². The molecule has 0 aliphatic carbocycles. The van der Waals surface area contributed by atoms with Gasteiger partial charge in [-0.15, -0.1) is 20.2 Å². The van der Waals surface area contributed by atoms with Crippen LogP contribution < -0.4 is 464 Å². The number of rotatable bonds is 2. The summed E-state index contributed by atoms with van der Waals surface area (Å²) < 4.78 is 176. The molecule has 53 nitrogen and oxygen atoms in total. The van der Waals surface area contributed by atoms with Gasteiger partial charge in [-0.2, -0.15) is 38.6 Å². The molecule has 0 saturated carbocycles. The van der Waals surface area contributed by atoms with E-state index in [0.717, 1.165) is 0 Å². The third-order valence-corrected chi connectivity index (χ3v) is 13.1. The SMILES string of the molecule is O=P(O)(O)O.O=P(O)(O)O.O=P(O)(O)O.O=P(O)(O)O.O=P(O)(O)OP(=O)(O)O.O=P1(O)OP(=O)(O)OP(=O)(O)OP(=O)(O)OP(=O)(O)OP(=O)(O)O1.O=S(=O)(O)O.O=[N+]([O-])O.O=[N+]([O-])O.[Al+3].[Ba+2].[Ba+2].[Ca+2].[Ca+2].[Ca+2].[K+].[K+].[K+].[K+].[K+].[Na+].[Na+].[Na+].[Na+].[Na+].[Na+].[Na+]. The molecule has 0 aromatic carbocycles. The molecule has 0 aromatic rings. The molecule has 0 radical (unpaired) electrons. The molecule has 1 heterocycles. The molecule has 0 unspecified atom stereocenters. The summed E-state index contributed by atoms with van der Waals surface area (Å²) in [5.74, 6) is 0. The summed E-state index contributed by atoms with van der Waals surface area (Å²) in [5, 5.41) is 27.3. The number of hydrogen-bond acceptors (Lipinski definition) is 25. The Morgan fingerprint density at radius 3 is 0.429 bits per heavy atom. The van der Waals surface area contributed by atoms with Crippen LogP contribution in [-0.2, 0) is 95.4 Å². The maximum absolute atomic E-state index is 11.2. The van der Waals surface area contributed by atoms with Crippen LogP contribution >= 0.6 is 93.9 Å². The normalized spacial score (nSPS) is 21.3. The largest absolute Gasteiger partial charge is 3.00 e. The zero-order valence-electron chi connectivity index (χ0n) is 44.6. The average Bonchev–Trinajstić information content (AvgIpc) is 2.69. The van der Waals surface area contributed by atoms with Gasteiger partial charge in [-0.1, -0.05) is 0 Å². The number of hydrogen-bond donors (Lipinski definition) is 26. The fourth-order valence-electron chi connectivity index (χ4n) is 1.01. The maximum Gasteiger partial charge on any atom is 3.00 e. The van der Waals surface area contributed by atoms with Crippen LogP contribution in [-0.4, -0.2) is 374 Å². The van der Waals surface area contributed by atoms with E-state index in [9.17, 15) is 36.5 Å². The Labute approximate surface area is 1020 Å². The number of nitrogens with zero attached hydrogens (tertiary/aromatic N) is 2. The van der Waals surface area contributed by atoms with Gasteiger partial charge in [-0.25, -0.2) is 54.8 Å². The maximum atomic E-state index is 11.2. The van der Waals surface area contributed by atoms with Crippen molar-refractivity contribution in [2.45, 2.75) is 0 Å². The molecule has 84 heavy (non-hydrogen) atoms. The molecule has 1 saturated heterocycles. The summed E-state index contributed by atoms with van der Waals surface area (Å²) >= 11 is 0. The van der Waals surface area contributed by atoms with Crippen molar-refractivity contribution in [2.24, 2.45) is 0 Å². The van der Waals surface area contributed by atoms with Gasteiger partial charge in [-0.05, 0) is 0 Å². The van der Waals surface area contributed by atoms with E-state index in [-0.39, 0.29) is 692 Å². The first-order valence-corrected chi connectivity index (χ1v) is 30.7. The number of phosphoric acid groups is 12. The molecule has 1 fully saturated rings. The molecule has 408 valence electrons. The van der Waals surface area contributed by atoms with E-state index in [2.05, 4.69) is 30.2 Å². The van der Waals surface area contributed by atoms with Gasteiger partial charge in [-0.3, -0.25) is 9.11 Å². The molecule has 26 N–H and O–H groups in total. The zero-order chi connectivity index (χ0) is 56.6. The van der Waals surface area contributed by atoms with E-state index in [1.165, 1.54) is 0 Å². The molecule has 84 heteroatoms. The van der Waals surface area contributed by atoms with Gasteiger partial charge in [0.05, 0.1) is 0 Å². The van der Waals surface area contributed by atoms with Crippen molar-refractivity contribution in [3.8, 4) is 0 Å². The van der Waals surface area contributed by atoms with Gasteiger partial charge < -0.3 is 118 Å². The van der Waals surface area contributed by atoms with Gasteiger partial charge in [0.1, 0.15) is 0 Å². The first-order valence-electron chi connectivity index (χ1n) is 11.0. The Hall–Kier alpha value is 22.5. The van der Waals surface area contributed by atoms with Crippen molar-refractivity contribution in [3.05, 3.63) is 20.2 Å². The smallest absolute Gasteiger partial charge is 0.328 e. The monoisotopic (exact) mass is 2050 g/mol. The Bertz CT molecular complexity index is 1890. The van der Waals surface area contributed by atoms with Crippen LogP contribution in [0.4, 0.5) is 0 Å². The molecule has 0 aromatic heterocycles. The van der Waals surface area contributed by atoms with E-state index in [1.807, 2.05) is 0 Å². The Morgan fingerprint density at radius 1 is 0.357 bits per heavy atom. The predicted molar refractivity (Wildman–Crippen MR) is 214 cm³/mol. The van der Waals surface area contributed by atoms with Crippen LogP contribution in [0.5, 0.6) is 0 Å². The third-order valence-electron chi connectivity index (χ3n) is 1.45. The standard InChI is InChI=1S/Al.2Ba.3Ca.5K.2HNO3.7Na.H6O18P6.H4O7P2.4H3O4P.H2O4S/c;;;;;;;;;;;2*2-1(3)4;;;;;;;;1-19(2)13-20(3,4)15-22(7,8)17-24(11,12)18-23(9,10)16-21(5,6)14-19;1-8(2,3)7-9(4,5)6;5*1-5(2,3)4/h;;;;;;;;;;;2*(H,2,3,4);;;;;;;;(H,1,2)(H,3,4)(H,5,6)(H,7,8)(H,9,10)(H,11,12);(H2,1,2,3)(H2,4,5,6);4*(H3,1,2,3,4);(H2,1,2,3,4)/q+3;5*+2;5*+1;;;7*+1;;;;;;;. The molecule has 1 rings (SSSR count). The van der Waals surface area contributed by atoms with Crippen LogP contribution in [0.25, 0.3) is 0 Å². The fourth-order valence-corrected chi connectivity index (χ4v) is 10.7. The summed E-state index contributed by atoms with van der Waals surface area (Å²) in [6.07, 6.45) is 0. The first kappa shape index (κ1) is 183. The van der Waals surface area contributed by atoms with Gasteiger partial charge in [0, 0.05) is 0 Å². The summed E-state index contributed by atoms with van der Waals surface area (Å²) in [5.41, 5.74) is 0. The third kappa shape index (κ3) is 269. The second kappa shape index (κ2) is 89.4. The topological polar surface area (TPSA) is 916 Å². The molecular weight excluding hydrogens is 2030 g/mol. The molecule has 0 bridgehead atoms. The summed E-state index contributed by atoms with van der Waals surface area (Å²) in [4.78, 5) is 188. The van der Waals surface area contributed by atoms with Crippen molar-refractivity contribution in [3.63, 3.8) is 0 Å². The molecule has 0 atom stereocenters.